The van der Waals surface area contributed by atoms with Crippen LogP contribution in [0.2, 0.25) is 0 Å². The zero-order chi connectivity index (χ0) is 15.6. The van der Waals surface area contributed by atoms with Gasteiger partial charge in [0.05, 0.1) is 31.3 Å². The van der Waals surface area contributed by atoms with Gasteiger partial charge >= 0.3 is 0 Å². The fourth-order valence-corrected chi connectivity index (χ4v) is 5.05. The van der Waals surface area contributed by atoms with Crippen LogP contribution < -0.4 is 9.47 Å². The van der Waals surface area contributed by atoms with Crippen molar-refractivity contribution in [3.8, 4) is 11.5 Å². The number of ether oxygens (including phenoxy) is 2. The molecular formula is C14H17BrO5S. The highest BCUT2D eigenvalue weighted by Gasteiger charge is 2.30. The average Bonchev–Trinajstić information content (AvgIpc) is 2.77. The van der Waals surface area contributed by atoms with Crippen molar-refractivity contribution in [2.24, 2.45) is 5.92 Å². The molecule has 5 nitrogen and oxygen atoms in total. The first kappa shape index (κ1) is 16.3. The van der Waals surface area contributed by atoms with Crippen molar-refractivity contribution in [3.05, 3.63) is 22.2 Å². The monoisotopic (exact) mass is 376 g/mol. The number of rotatable bonds is 5. The van der Waals surface area contributed by atoms with Gasteiger partial charge in [-0.3, -0.25) is 4.79 Å². The van der Waals surface area contributed by atoms with Gasteiger partial charge in [-0.2, -0.15) is 0 Å². The lowest BCUT2D eigenvalue weighted by atomic mass is 9.97. The summed E-state index contributed by atoms with van der Waals surface area (Å²) in [6.45, 7) is 0. The van der Waals surface area contributed by atoms with Crippen LogP contribution in [0.1, 0.15) is 23.2 Å². The van der Waals surface area contributed by atoms with Gasteiger partial charge in [-0.05, 0) is 40.4 Å². The molecule has 0 radical (unpaired) electrons. The molecule has 116 valence electrons. The predicted molar refractivity (Wildman–Crippen MR) is 83.0 cm³/mol. The standard InChI is InChI=1S/C14H17BrO5S/c1-19-12-4-3-10(14(20-2)13(12)15)11(16)7-9-5-6-21(17,18)8-9/h3-4,9H,5-8H2,1-2H3. The van der Waals surface area contributed by atoms with Crippen LogP contribution in [-0.4, -0.2) is 39.9 Å². The first-order valence-corrected chi connectivity index (χ1v) is 9.13. The van der Waals surface area contributed by atoms with Crippen LogP contribution in [-0.2, 0) is 9.84 Å². The van der Waals surface area contributed by atoms with Gasteiger partial charge in [-0.25, -0.2) is 8.42 Å². The van der Waals surface area contributed by atoms with Crippen molar-refractivity contribution in [1.29, 1.82) is 0 Å². The molecule has 1 saturated heterocycles. The van der Waals surface area contributed by atoms with E-state index in [1.807, 2.05) is 0 Å². The lowest BCUT2D eigenvalue weighted by Crippen LogP contribution is -2.12. The molecular weight excluding hydrogens is 360 g/mol. The largest absolute Gasteiger partial charge is 0.495 e. The maximum absolute atomic E-state index is 12.4. The molecule has 21 heavy (non-hydrogen) atoms. The van der Waals surface area contributed by atoms with Crippen LogP contribution in [0.5, 0.6) is 11.5 Å². The highest BCUT2D eigenvalue weighted by atomic mass is 79.9. The molecule has 0 saturated carbocycles. The lowest BCUT2D eigenvalue weighted by molar-refractivity contribution is 0.0962. The van der Waals surface area contributed by atoms with Crippen LogP contribution in [0.4, 0.5) is 0 Å². The van der Waals surface area contributed by atoms with E-state index in [9.17, 15) is 13.2 Å². The third kappa shape index (κ3) is 3.58. The van der Waals surface area contributed by atoms with Gasteiger partial charge in [0.25, 0.3) is 0 Å². The molecule has 1 fully saturated rings. The highest BCUT2D eigenvalue weighted by Crippen LogP contribution is 2.38. The van der Waals surface area contributed by atoms with Crippen molar-refractivity contribution < 1.29 is 22.7 Å². The van der Waals surface area contributed by atoms with Gasteiger partial charge in [0.1, 0.15) is 16.0 Å². The van der Waals surface area contributed by atoms with Crippen LogP contribution >= 0.6 is 15.9 Å². The first-order chi connectivity index (χ1) is 9.88. The first-order valence-electron chi connectivity index (χ1n) is 6.52. The Bertz CT molecular complexity index is 654. The molecule has 1 aliphatic heterocycles. The second-order valence-corrected chi connectivity index (χ2v) is 8.08. The Balaban J connectivity index is 2.22. The van der Waals surface area contributed by atoms with E-state index in [1.165, 1.54) is 14.2 Å². The molecule has 0 aliphatic carbocycles. The maximum Gasteiger partial charge on any atom is 0.166 e. The van der Waals surface area contributed by atoms with E-state index in [0.29, 0.717) is 28.0 Å². The number of Topliss-reactive ketones (excluding diaryl/α,β-unsaturated/α-hetero) is 1. The van der Waals surface area contributed by atoms with E-state index >= 15 is 0 Å². The second-order valence-electron chi connectivity index (χ2n) is 5.06. The summed E-state index contributed by atoms with van der Waals surface area (Å²) in [6.07, 6.45) is 0.766. The molecule has 1 heterocycles. The van der Waals surface area contributed by atoms with E-state index in [-0.39, 0.29) is 29.6 Å². The zero-order valence-electron chi connectivity index (χ0n) is 11.9. The Hall–Kier alpha value is -1.08. The predicted octanol–water partition coefficient (Wildman–Crippen LogP) is 2.47. The molecule has 2 rings (SSSR count). The topological polar surface area (TPSA) is 69.7 Å². The van der Waals surface area contributed by atoms with Gasteiger partial charge in [-0.1, -0.05) is 0 Å². The summed E-state index contributed by atoms with van der Waals surface area (Å²) in [4.78, 5) is 12.4. The number of hydrogen-bond acceptors (Lipinski definition) is 5. The number of ketones is 1. The Kier molecular flexibility index (Phi) is 4.93. The summed E-state index contributed by atoms with van der Waals surface area (Å²) >= 11 is 3.35. The van der Waals surface area contributed by atoms with Crippen molar-refractivity contribution in [2.75, 3.05) is 25.7 Å². The molecule has 1 unspecified atom stereocenters. The third-order valence-electron chi connectivity index (χ3n) is 3.59. The number of benzene rings is 1. The van der Waals surface area contributed by atoms with Crippen molar-refractivity contribution in [3.63, 3.8) is 0 Å². The van der Waals surface area contributed by atoms with Crippen LogP contribution in [0.3, 0.4) is 0 Å². The Morgan fingerprint density at radius 2 is 2.05 bits per heavy atom. The zero-order valence-corrected chi connectivity index (χ0v) is 14.3. The van der Waals surface area contributed by atoms with Gasteiger partial charge in [0.2, 0.25) is 0 Å². The molecule has 0 amide bonds. The molecule has 1 atom stereocenters. The van der Waals surface area contributed by atoms with Crippen LogP contribution in [0, 0.1) is 5.92 Å². The van der Waals surface area contributed by atoms with Gasteiger partial charge in [0.15, 0.2) is 15.6 Å². The minimum atomic E-state index is -2.97. The van der Waals surface area contributed by atoms with Gasteiger partial charge in [0, 0.05) is 6.42 Å². The summed E-state index contributed by atoms with van der Waals surface area (Å²) < 4.78 is 33.9. The minimum Gasteiger partial charge on any atom is -0.495 e. The molecule has 0 aromatic heterocycles. The SMILES string of the molecule is COc1ccc(C(=O)CC2CCS(=O)(=O)C2)c(OC)c1Br. The molecule has 1 aromatic carbocycles. The Morgan fingerprint density at radius 3 is 2.57 bits per heavy atom. The summed E-state index contributed by atoms with van der Waals surface area (Å²) in [6, 6.07) is 3.33. The maximum atomic E-state index is 12.4. The smallest absolute Gasteiger partial charge is 0.166 e. The number of carbonyl (C=O) groups is 1. The number of hydrogen-bond donors (Lipinski definition) is 0. The number of sulfone groups is 1. The minimum absolute atomic E-state index is 0.0956. The Morgan fingerprint density at radius 1 is 1.33 bits per heavy atom. The van der Waals surface area contributed by atoms with E-state index in [0.717, 1.165) is 0 Å². The normalized spacial score (nSPS) is 20.2. The number of halogens is 1. The molecule has 1 aromatic rings. The number of carbonyl (C=O) groups excluding carboxylic acids is 1. The van der Waals surface area contributed by atoms with Crippen molar-refractivity contribution >= 4 is 31.6 Å². The lowest BCUT2D eigenvalue weighted by Gasteiger charge is -2.14. The van der Waals surface area contributed by atoms with Gasteiger partial charge in [-0.15, -0.1) is 0 Å². The molecule has 0 bridgehead atoms. The molecule has 1 aliphatic rings. The third-order valence-corrected chi connectivity index (χ3v) is 6.17. The number of methoxy groups -OCH3 is 2. The van der Waals surface area contributed by atoms with Crippen molar-refractivity contribution in [1.82, 2.24) is 0 Å². The molecule has 0 spiro atoms. The summed E-state index contributed by atoms with van der Waals surface area (Å²) in [7, 11) is 0.0441. The average molecular weight is 377 g/mol. The molecule has 0 N–H and O–H groups in total. The van der Waals surface area contributed by atoms with E-state index in [4.69, 9.17) is 9.47 Å². The second kappa shape index (κ2) is 6.36. The van der Waals surface area contributed by atoms with Gasteiger partial charge < -0.3 is 9.47 Å². The quantitative estimate of drug-likeness (QED) is 0.738. The van der Waals surface area contributed by atoms with E-state index < -0.39 is 9.84 Å². The summed E-state index contributed by atoms with van der Waals surface area (Å²) in [5.74, 6) is 1.05. The highest BCUT2D eigenvalue weighted by molar-refractivity contribution is 9.10. The van der Waals surface area contributed by atoms with Crippen LogP contribution in [0.15, 0.2) is 16.6 Å². The Labute approximate surface area is 132 Å². The molecule has 7 heteroatoms. The van der Waals surface area contributed by atoms with E-state index in [2.05, 4.69) is 15.9 Å². The summed E-state index contributed by atoms with van der Waals surface area (Å²) in [5.41, 5.74) is 0.439. The van der Waals surface area contributed by atoms with Crippen molar-refractivity contribution in [2.45, 2.75) is 12.8 Å². The fourth-order valence-electron chi connectivity index (χ4n) is 2.52. The van der Waals surface area contributed by atoms with Crippen LogP contribution in [0.25, 0.3) is 0 Å². The summed E-state index contributed by atoms with van der Waals surface area (Å²) in [5, 5.41) is 0. The fraction of sp³-hybridized carbons (Fsp3) is 0.500. The van der Waals surface area contributed by atoms with E-state index in [1.54, 1.807) is 12.1 Å².